The molecule has 0 amide bonds. The smallest absolute Gasteiger partial charge is 0.357 e. The van der Waals surface area contributed by atoms with Gasteiger partial charge in [0, 0.05) is 0 Å². The Balaban J connectivity index is 5.50. The molecule has 0 spiro atoms. The van der Waals surface area contributed by atoms with Crippen LogP contribution in [0.5, 0.6) is 0 Å². The molecule has 0 aromatic carbocycles. The van der Waals surface area contributed by atoms with Crippen LogP contribution in [0.2, 0.25) is 0 Å². The molecule has 10 heteroatoms. The lowest BCUT2D eigenvalue weighted by atomic mass is 10.0. The molecule has 6 N–H and O–H groups in total. The molecule has 4 atom stereocenters. The first-order chi connectivity index (χ1) is 6.96. The fourth-order valence-electron chi connectivity index (χ4n) is 0.885. The topological polar surface area (TPSA) is 173 Å². The Morgan fingerprint density at radius 3 is 1.81 bits per heavy atom. The number of aliphatic hydroxyl groups excluding tert-OH is 3. The Morgan fingerprint density at radius 2 is 1.62 bits per heavy atom. The van der Waals surface area contributed by atoms with Crippen molar-refractivity contribution < 1.29 is 43.3 Å². The number of hydrogen-bond acceptors (Lipinski definition) is 7. The van der Waals surface area contributed by atoms with Crippen LogP contribution >= 0.6 is 0 Å². The van der Waals surface area contributed by atoms with Crippen LogP contribution in [0.4, 0.5) is 0 Å². The monoisotopic (exact) mass is 260 g/mol. The first-order valence-electron chi connectivity index (χ1n) is 3.93. The van der Waals surface area contributed by atoms with Crippen LogP contribution in [0, 0.1) is 0 Å². The van der Waals surface area contributed by atoms with Crippen molar-refractivity contribution in [3.8, 4) is 0 Å². The molecule has 0 saturated heterocycles. The molecular formula is C6H12O9S. The van der Waals surface area contributed by atoms with Crippen LogP contribution < -0.4 is 0 Å². The minimum atomic E-state index is -5.61. The predicted molar refractivity (Wildman–Crippen MR) is 47.8 cm³/mol. The highest BCUT2D eigenvalue weighted by molar-refractivity contribution is 7.87. The van der Waals surface area contributed by atoms with Crippen molar-refractivity contribution in [2.75, 3.05) is 0 Å². The summed E-state index contributed by atoms with van der Waals surface area (Å²) in [6, 6.07) is 0. The Kier molecular flexibility index (Phi) is 4.38. The molecule has 0 bridgehead atoms. The quantitative estimate of drug-likeness (QED) is 0.277. The van der Waals surface area contributed by atoms with Crippen molar-refractivity contribution in [2.24, 2.45) is 0 Å². The van der Waals surface area contributed by atoms with E-state index >= 15 is 0 Å². The molecule has 0 saturated carbocycles. The van der Waals surface area contributed by atoms with Crippen LogP contribution in [-0.4, -0.2) is 67.7 Å². The van der Waals surface area contributed by atoms with Crippen molar-refractivity contribution in [1.82, 2.24) is 0 Å². The third-order valence-corrected chi connectivity index (χ3v) is 3.12. The molecule has 0 aliphatic heterocycles. The summed E-state index contributed by atoms with van der Waals surface area (Å²) in [7, 11) is -5.61. The number of carboxylic acid groups (broad SMARTS) is 1. The van der Waals surface area contributed by atoms with E-state index < -0.39 is 39.3 Å². The predicted octanol–water partition coefficient (Wildman–Crippen LogP) is -3.25. The van der Waals surface area contributed by atoms with Gasteiger partial charge in [0.05, 0.1) is 6.10 Å². The van der Waals surface area contributed by atoms with Gasteiger partial charge in [-0.1, -0.05) is 0 Å². The number of carboxylic acids is 1. The highest BCUT2D eigenvalue weighted by Crippen LogP contribution is 2.22. The lowest BCUT2D eigenvalue weighted by Gasteiger charge is -2.29. The first kappa shape index (κ1) is 15.2. The number of carbonyl (C=O) groups is 1. The molecule has 0 rings (SSSR count). The normalized spacial score (nSPS) is 21.9. The van der Waals surface area contributed by atoms with Crippen LogP contribution in [0.25, 0.3) is 0 Å². The van der Waals surface area contributed by atoms with E-state index in [1.165, 1.54) is 0 Å². The Morgan fingerprint density at radius 1 is 1.25 bits per heavy atom. The maximum absolute atomic E-state index is 10.6. The zero-order valence-electron chi connectivity index (χ0n) is 8.05. The lowest BCUT2D eigenvalue weighted by Crippen LogP contribution is -2.61. The zero-order chi connectivity index (χ0) is 13.3. The van der Waals surface area contributed by atoms with E-state index in [1.54, 1.807) is 0 Å². The lowest BCUT2D eigenvalue weighted by molar-refractivity contribution is -0.170. The van der Waals surface area contributed by atoms with Crippen LogP contribution in [0.3, 0.4) is 0 Å². The molecule has 4 unspecified atom stereocenters. The summed E-state index contributed by atoms with van der Waals surface area (Å²) in [5.74, 6) is -2.48. The Labute approximate surface area is 90.3 Å². The van der Waals surface area contributed by atoms with Gasteiger partial charge in [0.15, 0.2) is 0 Å². The molecule has 96 valence electrons. The highest BCUT2D eigenvalue weighted by Gasteiger charge is 2.58. The molecular weight excluding hydrogens is 248 g/mol. The second-order valence-electron chi connectivity index (χ2n) is 3.15. The van der Waals surface area contributed by atoms with E-state index in [2.05, 4.69) is 0 Å². The third-order valence-electron chi connectivity index (χ3n) is 1.92. The summed E-state index contributed by atoms with van der Waals surface area (Å²) in [6.07, 6.45) is -6.81. The maximum atomic E-state index is 10.6. The maximum Gasteiger partial charge on any atom is 0.357 e. The number of rotatable bonds is 5. The van der Waals surface area contributed by atoms with Gasteiger partial charge in [-0.15, -0.1) is 0 Å². The van der Waals surface area contributed by atoms with Crippen molar-refractivity contribution in [1.29, 1.82) is 0 Å². The number of aliphatic hydroxyl groups is 4. The molecule has 0 fully saturated rings. The third kappa shape index (κ3) is 2.48. The fraction of sp³-hybridized carbons (Fsp3) is 0.833. The van der Waals surface area contributed by atoms with Crippen LogP contribution in [-0.2, 0) is 14.9 Å². The van der Waals surface area contributed by atoms with Gasteiger partial charge in [0.1, 0.15) is 12.2 Å². The average molecular weight is 260 g/mol. The largest absolute Gasteiger partial charge is 0.478 e. The first-order valence-corrected chi connectivity index (χ1v) is 5.37. The molecule has 9 nitrogen and oxygen atoms in total. The van der Waals surface area contributed by atoms with Gasteiger partial charge in [0.2, 0.25) is 0 Å². The molecule has 0 heterocycles. The van der Waals surface area contributed by atoms with E-state index in [0.717, 1.165) is 6.92 Å². The molecule has 0 aliphatic carbocycles. The standard InChI is InChI=1S/C6H12O9S/c1-2(7)3(8)4(9)6(12,5(10)11)16(13,14)15/h2-4,7-9,12H,1H3,(H,10,11)(H,13,14,15). The summed E-state index contributed by atoms with van der Waals surface area (Å²) < 4.78 is 29.8. The summed E-state index contributed by atoms with van der Waals surface area (Å²) in [5.41, 5.74) is 0. The molecule has 0 aromatic heterocycles. The van der Waals surface area contributed by atoms with E-state index in [9.17, 15) is 13.2 Å². The van der Waals surface area contributed by atoms with Gasteiger partial charge >= 0.3 is 21.0 Å². The molecule has 16 heavy (non-hydrogen) atoms. The highest BCUT2D eigenvalue weighted by atomic mass is 32.2. The fourth-order valence-corrected chi connectivity index (χ4v) is 1.55. The van der Waals surface area contributed by atoms with E-state index in [-0.39, 0.29) is 0 Å². The van der Waals surface area contributed by atoms with Crippen molar-refractivity contribution in [3.63, 3.8) is 0 Å². The zero-order valence-corrected chi connectivity index (χ0v) is 8.86. The average Bonchev–Trinajstić information content (AvgIpc) is 2.11. The molecule has 0 radical (unpaired) electrons. The second kappa shape index (κ2) is 4.61. The Hall–Kier alpha value is -0.780. The Bertz CT molecular complexity index is 360. The van der Waals surface area contributed by atoms with E-state index in [4.69, 9.17) is 30.1 Å². The van der Waals surface area contributed by atoms with Crippen LogP contribution in [0.1, 0.15) is 6.92 Å². The van der Waals surface area contributed by atoms with E-state index in [1.807, 2.05) is 0 Å². The van der Waals surface area contributed by atoms with Gasteiger partial charge in [-0.05, 0) is 6.92 Å². The van der Waals surface area contributed by atoms with E-state index in [0.29, 0.717) is 0 Å². The van der Waals surface area contributed by atoms with Gasteiger partial charge in [-0.3, -0.25) is 4.55 Å². The summed E-state index contributed by atoms with van der Waals surface area (Å²) in [6.45, 7) is 0.917. The number of hydrogen-bond donors (Lipinski definition) is 6. The second-order valence-corrected chi connectivity index (χ2v) is 4.73. The minimum absolute atomic E-state index is 0.917. The van der Waals surface area contributed by atoms with Gasteiger partial charge < -0.3 is 25.5 Å². The molecule has 0 aromatic rings. The SMILES string of the molecule is CC(O)C(O)C(O)C(O)(C(=O)O)S(=O)(=O)O. The van der Waals surface area contributed by atoms with Gasteiger partial charge in [-0.25, -0.2) is 4.79 Å². The minimum Gasteiger partial charge on any atom is -0.478 e. The number of aliphatic carboxylic acids is 1. The summed E-state index contributed by atoms with van der Waals surface area (Å²) >= 11 is 0. The summed E-state index contributed by atoms with van der Waals surface area (Å²) in [5, 5.41) is 44.6. The van der Waals surface area contributed by atoms with Crippen LogP contribution in [0.15, 0.2) is 0 Å². The van der Waals surface area contributed by atoms with Gasteiger partial charge in [-0.2, -0.15) is 8.42 Å². The molecule has 0 aliphatic rings. The van der Waals surface area contributed by atoms with Crippen molar-refractivity contribution >= 4 is 16.1 Å². The van der Waals surface area contributed by atoms with Crippen molar-refractivity contribution in [2.45, 2.75) is 30.2 Å². The van der Waals surface area contributed by atoms with Gasteiger partial charge in [0.25, 0.3) is 0 Å². The summed E-state index contributed by atoms with van der Waals surface area (Å²) in [4.78, 5) is 6.48. The van der Waals surface area contributed by atoms with Crippen molar-refractivity contribution in [3.05, 3.63) is 0 Å².